The summed E-state index contributed by atoms with van der Waals surface area (Å²) in [6.45, 7) is 12.3. The van der Waals surface area contributed by atoms with Crippen molar-refractivity contribution >= 4 is 18.0 Å². The Morgan fingerprint density at radius 1 is 0.754 bits per heavy atom. The molecule has 1 fully saturated rings. The van der Waals surface area contributed by atoms with E-state index in [1.165, 1.54) is 38.5 Å². The number of hydrogen-bond donors (Lipinski definition) is 2. The molecule has 1 heterocycles. The Morgan fingerprint density at radius 2 is 1.34 bits per heavy atom. The van der Waals surface area contributed by atoms with Crippen molar-refractivity contribution < 1.29 is 38.1 Å². The quantitative estimate of drug-likeness (QED) is 0.0493. The highest BCUT2D eigenvalue weighted by molar-refractivity contribution is 5.89. The van der Waals surface area contributed by atoms with Gasteiger partial charge < -0.3 is 34.3 Å². The van der Waals surface area contributed by atoms with Gasteiger partial charge in [-0.1, -0.05) is 136 Å². The molecule has 2 aromatic rings. The summed E-state index contributed by atoms with van der Waals surface area (Å²) in [6, 6.07) is 19.1. The van der Waals surface area contributed by atoms with E-state index < -0.39 is 23.6 Å². The summed E-state index contributed by atoms with van der Waals surface area (Å²) in [5.41, 5.74) is 1.45. The number of ether oxygens (including phenoxy) is 5. The van der Waals surface area contributed by atoms with E-state index in [-0.39, 0.29) is 36.7 Å². The number of alkyl carbamates (subject to hydrolysis) is 2. The minimum atomic E-state index is -0.697. The molecule has 3 rings (SSSR count). The van der Waals surface area contributed by atoms with E-state index in [4.69, 9.17) is 23.7 Å². The van der Waals surface area contributed by atoms with Crippen LogP contribution in [0.2, 0.25) is 0 Å². The van der Waals surface area contributed by atoms with Crippen LogP contribution in [0.3, 0.4) is 0 Å². The minimum absolute atomic E-state index is 0.192. The molecule has 2 amide bonds. The highest BCUT2D eigenvalue weighted by Crippen LogP contribution is 2.25. The van der Waals surface area contributed by atoms with E-state index in [0.717, 1.165) is 49.7 Å². The van der Waals surface area contributed by atoms with Crippen molar-refractivity contribution in [3.05, 3.63) is 108 Å². The van der Waals surface area contributed by atoms with Gasteiger partial charge in [-0.2, -0.15) is 0 Å². The standard InChI is InChI=1S/C51H76N2O8/c1-41(52-49(56)61-50(2,3)4)46(57-38-42-30-22-20-23-31-42)36-28-19-15-17-27-35-44(54)34-26-16-13-11-9-7-8-10-12-14-18-29-37-47-45(40-59-51(5,6)60-47)53-48(55)58-39-43-32-24-21-25-33-43/h18-25,27-33,35,41,45-47H,7-17,26,34,36-40H2,1-6H3,(H,52,56)(H,53,55)/b28-19+,29-18+,35-27+/t41-,45-,46-,47-/m1/s1. The molecule has 4 atom stereocenters. The van der Waals surface area contributed by atoms with Crippen LogP contribution in [0.25, 0.3) is 0 Å². The number of nitrogens with one attached hydrogen (secondary N) is 2. The Balaban J connectivity index is 1.18. The van der Waals surface area contributed by atoms with E-state index >= 15 is 0 Å². The molecule has 1 saturated heterocycles. The number of carbonyl (C=O) groups is 3. The van der Waals surface area contributed by atoms with Gasteiger partial charge in [0.1, 0.15) is 12.2 Å². The molecule has 0 aromatic heterocycles. The summed E-state index contributed by atoms with van der Waals surface area (Å²) >= 11 is 0. The van der Waals surface area contributed by atoms with Crippen molar-refractivity contribution in [3.8, 4) is 0 Å². The second kappa shape index (κ2) is 29.1. The van der Waals surface area contributed by atoms with Crippen molar-refractivity contribution in [3.63, 3.8) is 0 Å². The van der Waals surface area contributed by atoms with Crippen LogP contribution in [-0.4, -0.2) is 60.3 Å². The number of ketones is 1. The van der Waals surface area contributed by atoms with Crippen molar-refractivity contribution in [1.29, 1.82) is 0 Å². The first-order valence-corrected chi connectivity index (χ1v) is 22.7. The Labute approximate surface area is 367 Å². The van der Waals surface area contributed by atoms with Crippen LogP contribution in [0.5, 0.6) is 0 Å². The van der Waals surface area contributed by atoms with Gasteiger partial charge in [0.15, 0.2) is 11.6 Å². The fourth-order valence-corrected chi connectivity index (χ4v) is 6.91. The highest BCUT2D eigenvalue weighted by Gasteiger charge is 2.37. The van der Waals surface area contributed by atoms with Gasteiger partial charge >= 0.3 is 12.2 Å². The van der Waals surface area contributed by atoms with Crippen LogP contribution < -0.4 is 10.6 Å². The third-order valence-corrected chi connectivity index (χ3v) is 10.3. The summed E-state index contributed by atoms with van der Waals surface area (Å²) in [7, 11) is 0. The number of allylic oxidation sites excluding steroid dienone is 4. The first-order valence-electron chi connectivity index (χ1n) is 22.7. The first-order chi connectivity index (χ1) is 29.3. The number of amides is 2. The number of unbranched alkanes of at least 4 members (excludes halogenated alkanes) is 10. The molecule has 0 spiro atoms. The zero-order chi connectivity index (χ0) is 44.2. The Kier molecular flexibility index (Phi) is 24.4. The van der Waals surface area contributed by atoms with Gasteiger partial charge in [0, 0.05) is 6.42 Å². The number of benzene rings is 2. The van der Waals surface area contributed by atoms with Crippen LogP contribution >= 0.6 is 0 Å². The Morgan fingerprint density at radius 3 is 2.00 bits per heavy atom. The van der Waals surface area contributed by atoms with E-state index in [9.17, 15) is 14.4 Å². The second-order valence-electron chi connectivity index (χ2n) is 17.5. The third kappa shape index (κ3) is 24.7. The van der Waals surface area contributed by atoms with Gasteiger partial charge in [-0.15, -0.1) is 0 Å². The molecule has 0 radical (unpaired) electrons. The Hall–Kier alpha value is -4.25. The molecule has 10 heteroatoms. The van der Waals surface area contributed by atoms with Crippen molar-refractivity contribution in [2.45, 2.75) is 187 Å². The van der Waals surface area contributed by atoms with Crippen LogP contribution in [0, 0.1) is 0 Å². The maximum absolute atomic E-state index is 12.5. The molecule has 61 heavy (non-hydrogen) atoms. The number of hydrogen-bond acceptors (Lipinski definition) is 8. The molecule has 0 aliphatic carbocycles. The molecule has 0 bridgehead atoms. The number of rotatable bonds is 28. The molecule has 0 unspecified atom stereocenters. The molecule has 10 nitrogen and oxygen atoms in total. The van der Waals surface area contributed by atoms with Crippen LogP contribution in [0.15, 0.2) is 97.1 Å². The topological polar surface area (TPSA) is 121 Å². The van der Waals surface area contributed by atoms with Crippen LogP contribution in [0.1, 0.15) is 149 Å². The monoisotopic (exact) mass is 845 g/mol. The van der Waals surface area contributed by atoms with Gasteiger partial charge in [-0.25, -0.2) is 9.59 Å². The largest absolute Gasteiger partial charge is 0.445 e. The molecule has 338 valence electrons. The molecule has 2 N–H and O–H groups in total. The lowest BCUT2D eigenvalue weighted by atomic mass is 10.0. The van der Waals surface area contributed by atoms with Gasteiger partial charge in [0.25, 0.3) is 0 Å². The zero-order valence-electron chi connectivity index (χ0n) is 38.0. The summed E-state index contributed by atoms with van der Waals surface area (Å²) < 4.78 is 29.0. The van der Waals surface area contributed by atoms with E-state index in [1.54, 1.807) is 6.08 Å². The van der Waals surface area contributed by atoms with E-state index in [2.05, 4.69) is 34.9 Å². The summed E-state index contributed by atoms with van der Waals surface area (Å²) in [4.78, 5) is 37.2. The summed E-state index contributed by atoms with van der Waals surface area (Å²) in [6.07, 6.45) is 26.2. The molecular formula is C51H76N2O8. The lowest BCUT2D eigenvalue weighted by Crippen LogP contribution is -2.55. The highest BCUT2D eigenvalue weighted by atomic mass is 16.7. The van der Waals surface area contributed by atoms with Crippen LogP contribution in [0.4, 0.5) is 9.59 Å². The van der Waals surface area contributed by atoms with Crippen molar-refractivity contribution in [2.75, 3.05) is 6.61 Å². The predicted molar refractivity (Wildman–Crippen MR) is 244 cm³/mol. The van der Waals surface area contributed by atoms with Crippen molar-refractivity contribution in [2.24, 2.45) is 0 Å². The van der Waals surface area contributed by atoms with Gasteiger partial charge in [0.05, 0.1) is 37.5 Å². The average molecular weight is 845 g/mol. The van der Waals surface area contributed by atoms with E-state index in [0.29, 0.717) is 32.5 Å². The maximum atomic E-state index is 12.5. The molecule has 1 aliphatic heterocycles. The van der Waals surface area contributed by atoms with E-state index in [1.807, 2.05) is 108 Å². The first kappa shape index (κ1) is 51.1. The Bertz CT molecular complexity index is 1600. The van der Waals surface area contributed by atoms with Gasteiger partial charge in [-0.3, -0.25) is 4.79 Å². The number of carbonyl (C=O) groups excluding carboxylic acids is 3. The molecule has 2 aromatic carbocycles. The fourth-order valence-electron chi connectivity index (χ4n) is 6.91. The smallest absolute Gasteiger partial charge is 0.407 e. The summed E-state index contributed by atoms with van der Waals surface area (Å²) in [5.74, 6) is -0.494. The molecule has 1 aliphatic rings. The van der Waals surface area contributed by atoms with Gasteiger partial charge in [0.2, 0.25) is 0 Å². The lowest BCUT2D eigenvalue weighted by Gasteiger charge is -2.40. The SMILES string of the molecule is C[C@@H](NC(=O)OC(C)(C)C)[C@@H](C/C=C/CC/C=C/C(=O)CCCCCCCCCCC/C=C/C[C@H]1OC(C)(C)OC[C@H]1NC(=O)OCc1ccccc1)OCc1ccccc1. The third-order valence-electron chi connectivity index (χ3n) is 10.3. The maximum Gasteiger partial charge on any atom is 0.407 e. The van der Waals surface area contributed by atoms with Gasteiger partial charge in [-0.05, 0) is 104 Å². The van der Waals surface area contributed by atoms with Crippen molar-refractivity contribution in [1.82, 2.24) is 10.6 Å². The van der Waals surface area contributed by atoms with Crippen LogP contribution in [-0.2, 0) is 41.7 Å². The average Bonchev–Trinajstić information content (AvgIpc) is 3.21. The normalized spacial score (nSPS) is 17.7. The lowest BCUT2D eigenvalue weighted by molar-refractivity contribution is -0.280. The summed E-state index contributed by atoms with van der Waals surface area (Å²) in [5, 5.41) is 5.86. The predicted octanol–water partition coefficient (Wildman–Crippen LogP) is 12.0. The fraction of sp³-hybridized carbons (Fsp3) is 0.588. The zero-order valence-corrected chi connectivity index (χ0v) is 38.0. The second-order valence-corrected chi connectivity index (χ2v) is 17.5. The minimum Gasteiger partial charge on any atom is -0.445 e. The molecular weight excluding hydrogens is 769 g/mol. The molecule has 0 saturated carbocycles.